The molecule has 2 aliphatic heterocycles. The first-order valence-corrected chi connectivity index (χ1v) is 29.3. The number of fused-ring (bicyclic) bond motifs is 3. The van der Waals surface area contributed by atoms with Gasteiger partial charge in [0, 0.05) is 53.6 Å². The van der Waals surface area contributed by atoms with Gasteiger partial charge >= 0.3 is 5.97 Å². The third-order valence-corrected chi connectivity index (χ3v) is 15.1. The quantitative estimate of drug-likeness (QED) is 0.0496. The second kappa shape index (κ2) is 32.3. The van der Waals surface area contributed by atoms with E-state index in [1.54, 1.807) is 68.6 Å². The molecule has 2 aromatic carbocycles. The summed E-state index contributed by atoms with van der Waals surface area (Å²) in [4.78, 5) is 212. The number of hydrogen-bond donors (Lipinski definition) is 18. The van der Waals surface area contributed by atoms with Crippen LogP contribution in [0.5, 0.6) is 0 Å². The number of para-hydroxylation sites is 2. The van der Waals surface area contributed by atoms with Gasteiger partial charge in [0.25, 0.3) is 0 Å². The predicted octanol–water partition coefficient (Wildman–Crippen LogP) is -6.56. The van der Waals surface area contributed by atoms with Gasteiger partial charge in [-0.1, -0.05) is 50.2 Å². The largest absolute Gasteiger partial charge is 0.481 e. The zero-order valence-electron chi connectivity index (χ0n) is 50.3. The molecule has 0 spiro atoms. The van der Waals surface area contributed by atoms with Crippen molar-refractivity contribution in [3.63, 3.8) is 0 Å². The molecule has 2 saturated heterocycles. The van der Waals surface area contributed by atoms with E-state index in [4.69, 9.17) is 17.2 Å². The van der Waals surface area contributed by atoms with E-state index >= 15 is 0 Å². The highest BCUT2D eigenvalue weighted by molar-refractivity contribution is 6.02. The van der Waals surface area contributed by atoms with E-state index in [1.807, 2.05) is 0 Å². The Balaban J connectivity index is 1.40. The molecule has 21 N–H and O–H groups in total. The van der Waals surface area contributed by atoms with Gasteiger partial charge in [0.1, 0.15) is 60.4 Å². The Hall–Kier alpha value is -10.5. The Morgan fingerprint density at radius 1 is 0.522 bits per heavy atom. The summed E-state index contributed by atoms with van der Waals surface area (Å²) in [6, 6.07) is -4.47. The minimum Gasteiger partial charge on any atom is -0.481 e. The van der Waals surface area contributed by atoms with Gasteiger partial charge in [-0.25, -0.2) is 0 Å². The second-order valence-electron chi connectivity index (χ2n) is 22.7. The molecule has 92 heavy (non-hydrogen) atoms. The smallest absolute Gasteiger partial charge is 0.305 e. The molecule has 14 amide bonds. The van der Waals surface area contributed by atoms with Crippen LogP contribution in [0.3, 0.4) is 0 Å². The summed E-state index contributed by atoms with van der Waals surface area (Å²) in [5, 5.41) is 55.7. The van der Waals surface area contributed by atoms with Crippen molar-refractivity contribution in [3.05, 3.63) is 72.1 Å². The lowest BCUT2D eigenvalue weighted by Gasteiger charge is -2.32. The van der Waals surface area contributed by atoms with Gasteiger partial charge < -0.3 is 101 Å². The first kappa shape index (κ1) is 70.6. The molecule has 4 heterocycles. The Kier molecular flexibility index (Phi) is 24.8. The Labute approximate surface area is 524 Å². The van der Waals surface area contributed by atoms with E-state index in [1.165, 1.54) is 6.20 Å². The van der Waals surface area contributed by atoms with E-state index in [-0.39, 0.29) is 38.1 Å². The second-order valence-corrected chi connectivity index (χ2v) is 22.7. The maximum Gasteiger partial charge on any atom is 0.305 e. The molecule has 4 aromatic rings. The van der Waals surface area contributed by atoms with Crippen molar-refractivity contribution in [3.8, 4) is 0 Å². The number of rotatable bonds is 16. The fourth-order valence-electron chi connectivity index (χ4n) is 10.5. The lowest BCUT2D eigenvalue weighted by atomic mass is 10.00. The molecule has 0 radical (unpaired) electrons. The molecule has 2 aromatic heterocycles. The Bertz CT molecular complexity index is 3480. The van der Waals surface area contributed by atoms with Crippen molar-refractivity contribution < 1.29 is 87.2 Å². The van der Waals surface area contributed by atoms with Gasteiger partial charge in [0.2, 0.25) is 82.7 Å². The van der Waals surface area contributed by atoms with Crippen LogP contribution in [-0.4, -0.2) is 205 Å². The molecular formula is C58H76N16O18. The molecule has 6 rings (SSSR count). The van der Waals surface area contributed by atoms with Crippen LogP contribution in [0, 0.1) is 5.92 Å². The highest BCUT2D eigenvalue weighted by atomic mass is 16.4. The van der Waals surface area contributed by atoms with Crippen molar-refractivity contribution in [2.24, 2.45) is 23.1 Å². The SMILES string of the molecule is CC(C)CC1NC(=O)C(Cc2c[nH]c3ccccc23)NC(=O)C2CCCN2C(=O)C(C(C)O)NC(=O)C(CO)NC(=O)C(Cc2c[nH]c3ccccc23)NC(=O)C(CC(N)=O)NC(=O)C(CC(N)=O)NC(=O)C(CC(=O)O)NC(=O)CNC(=O)C(CC(N)=O)NC1=O. The summed E-state index contributed by atoms with van der Waals surface area (Å²) in [6.07, 6.45) is -3.43. The summed E-state index contributed by atoms with van der Waals surface area (Å²) >= 11 is 0. The molecule has 11 atom stereocenters. The highest BCUT2D eigenvalue weighted by Gasteiger charge is 2.43. The first-order chi connectivity index (χ1) is 43.5. The number of nitrogens with zero attached hydrogens (tertiary/aromatic N) is 1. The average Bonchev–Trinajstić information content (AvgIpc) is 1.72. The summed E-state index contributed by atoms with van der Waals surface area (Å²) in [6.45, 7) is 2.14. The number of carbonyl (C=O) groups excluding carboxylic acids is 14. The Morgan fingerprint density at radius 3 is 1.38 bits per heavy atom. The fraction of sp³-hybridized carbons (Fsp3) is 0.466. The topological polar surface area (TPSA) is 550 Å². The molecule has 34 heteroatoms. The monoisotopic (exact) mass is 1280 g/mol. The van der Waals surface area contributed by atoms with Crippen LogP contribution < -0.4 is 70.4 Å². The summed E-state index contributed by atoms with van der Waals surface area (Å²) in [5.74, 6) is -18.8. The molecule has 2 fully saturated rings. The minimum atomic E-state index is -2.11. The van der Waals surface area contributed by atoms with Crippen LogP contribution in [0.15, 0.2) is 60.9 Å². The lowest BCUT2D eigenvalue weighted by Crippen LogP contribution is -2.62. The zero-order valence-corrected chi connectivity index (χ0v) is 50.3. The number of aliphatic hydroxyl groups excluding tert-OH is 2. The number of nitrogens with one attached hydrogen (secondary N) is 12. The number of aliphatic hydroxyl groups is 2. The number of primary amides is 3. The molecular weight excluding hydrogens is 1210 g/mol. The number of aromatic amines is 2. The number of amides is 14. The van der Waals surface area contributed by atoms with Crippen LogP contribution in [-0.2, 0) is 84.8 Å². The summed E-state index contributed by atoms with van der Waals surface area (Å²) in [7, 11) is 0. The average molecular weight is 1290 g/mol. The van der Waals surface area contributed by atoms with E-state index < -0.39 is 200 Å². The van der Waals surface area contributed by atoms with Crippen LogP contribution >= 0.6 is 0 Å². The van der Waals surface area contributed by atoms with Gasteiger partial charge in [0.15, 0.2) is 0 Å². The number of carbonyl (C=O) groups is 15. The third-order valence-electron chi connectivity index (χ3n) is 15.1. The molecule has 0 saturated carbocycles. The van der Waals surface area contributed by atoms with Gasteiger partial charge in [-0.2, -0.15) is 0 Å². The van der Waals surface area contributed by atoms with E-state index in [9.17, 15) is 87.2 Å². The predicted molar refractivity (Wildman–Crippen MR) is 321 cm³/mol. The van der Waals surface area contributed by atoms with Crippen LogP contribution in [0.1, 0.15) is 76.8 Å². The van der Waals surface area contributed by atoms with Crippen molar-refractivity contribution in [2.45, 2.75) is 145 Å². The van der Waals surface area contributed by atoms with Crippen molar-refractivity contribution >= 4 is 110 Å². The van der Waals surface area contributed by atoms with Crippen molar-refractivity contribution in [1.82, 2.24) is 68.0 Å². The summed E-state index contributed by atoms with van der Waals surface area (Å²) in [5.41, 5.74) is 18.5. The number of aliphatic carboxylic acids is 1. The van der Waals surface area contributed by atoms with Gasteiger partial charge in [-0.05, 0) is 55.4 Å². The maximum atomic E-state index is 14.7. The molecule has 2 aliphatic rings. The number of benzene rings is 2. The number of H-pyrrole nitrogens is 2. The fourth-order valence-corrected chi connectivity index (χ4v) is 10.5. The molecule has 496 valence electrons. The molecule has 34 nitrogen and oxygen atoms in total. The lowest BCUT2D eigenvalue weighted by molar-refractivity contribution is -0.145. The first-order valence-electron chi connectivity index (χ1n) is 29.3. The number of aromatic nitrogens is 2. The van der Waals surface area contributed by atoms with Crippen LogP contribution in [0.25, 0.3) is 21.8 Å². The number of carboxylic acid groups (broad SMARTS) is 1. The number of nitrogens with two attached hydrogens (primary N) is 3. The number of carboxylic acids is 1. The van der Waals surface area contributed by atoms with Gasteiger partial charge in [-0.3, -0.25) is 71.9 Å². The van der Waals surface area contributed by atoms with Crippen LogP contribution in [0.4, 0.5) is 0 Å². The maximum absolute atomic E-state index is 14.7. The van der Waals surface area contributed by atoms with E-state index in [2.05, 4.69) is 63.1 Å². The third kappa shape index (κ3) is 19.5. The van der Waals surface area contributed by atoms with Crippen molar-refractivity contribution in [1.29, 1.82) is 0 Å². The van der Waals surface area contributed by atoms with Crippen molar-refractivity contribution in [2.75, 3.05) is 19.7 Å². The zero-order chi connectivity index (χ0) is 67.7. The molecule has 0 aliphatic carbocycles. The van der Waals surface area contributed by atoms with Crippen LogP contribution in [0.2, 0.25) is 0 Å². The summed E-state index contributed by atoms with van der Waals surface area (Å²) < 4.78 is 0. The van der Waals surface area contributed by atoms with Gasteiger partial charge in [-0.15, -0.1) is 0 Å². The standard InChI is InChI=1S/C58H76N16O18/c1-26(2)15-34-50(84)68-37(18-43(59)77)49(83)64-24-46(80)65-40(21-47(81)82)55(89)70-39(20-45(61)79)54(88)69-38(19-44(60)78)53(87)67-35(16-28-22-62-32-11-6-4-9-30(28)32)52(86)72-41(25-75)56(90)73-48(27(3)76)58(92)74-14-8-13-42(74)57(91)71-36(51(85)66-34)17-29-23-63-33-12-7-5-10-31(29)33/h4-7,9-12,22-23,26-27,34-42,48,62-63,75-76H,8,13-21,24-25H2,1-3H3,(H2,59,77)(H2,60,78)(H2,61,79)(H,64,83)(H,65,80)(H,66,85)(H,67,87)(H,68,84)(H,69,88)(H,70,89)(H,71,91)(H,72,86)(H,73,90)(H,81,82). The number of hydrogen-bond acceptors (Lipinski definition) is 17. The minimum absolute atomic E-state index is 0.00243. The molecule has 0 bridgehead atoms. The van der Waals surface area contributed by atoms with Gasteiger partial charge in [0.05, 0.1) is 44.9 Å². The Morgan fingerprint density at radius 2 is 0.924 bits per heavy atom. The molecule has 11 unspecified atom stereocenters. The normalized spacial score (nSPS) is 24.7. The van der Waals surface area contributed by atoms with E-state index in [0.717, 1.165) is 11.8 Å². The highest BCUT2D eigenvalue weighted by Crippen LogP contribution is 2.24. The van der Waals surface area contributed by atoms with E-state index in [0.29, 0.717) is 32.9 Å².